The molecule has 3 N–H and O–H groups in total. The van der Waals surface area contributed by atoms with E-state index in [1.807, 2.05) is 44.2 Å². The van der Waals surface area contributed by atoms with Gasteiger partial charge in [0.15, 0.2) is 5.96 Å². The number of nitrogens with zero attached hydrogens (tertiary/aromatic N) is 2. The van der Waals surface area contributed by atoms with Crippen LogP contribution in [-0.2, 0) is 0 Å². The van der Waals surface area contributed by atoms with Crippen molar-refractivity contribution < 1.29 is 14.2 Å². The van der Waals surface area contributed by atoms with Crippen LogP contribution in [0.2, 0.25) is 0 Å². The van der Waals surface area contributed by atoms with Gasteiger partial charge in [0, 0.05) is 31.4 Å². The summed E-state index contributed by atoms with van der Waals surface area (Å²) in [6.45, 7) is 6.91. The van der Waals surface area contributed by atoms with Gasteiger partial charge in [-0.05, 0) is 62.6 Å². The van der Waals surface area contributed by atoms with E-state index >= 15 is 0 Å². The van der Waals surface area contributed by atoms with Gasteiger partial charge in [-0.25, -0.2) is 4.39 Å². The van der Waals surface area contributed by atoms with Crippen molar-refractivity contribution in [2.45, 2.75) is 38.8 Å². The molecule has 1 fully saturated rings. The fourth-order valence-electron chi connectivity index (χ4n) is 3.62. The summed E-state index contributed by atoms with van der Waals surface area (Å²) in [4.78, 5) is 6.73. The molecular formula is C24H33FN4O2. The molecule has 0 aliphatic carbocycles. The van der Waals surface area contributed by atoms with Crippen LogP contribution in [0.3, 0.4) is 0 Å². The second-order valence-electron chi connectivity index (χ2n) is 7.89. The zero-order chi connectivity index (χ0) is 22.1. The first-order valence-corrected chi connectivity index (χ1v) is 11.0. The number of piperidine rings is 1. The van der Waals surface area contributed by atoms with Crippen molar-refractivity contribution >= 4 is 11.6 Å². The molecule has 1 aliphatic rings. The lowest BCUT2D eigenvalue weighted by Crippen LogP contribution is -2.49. The fourth-order valence-corrected chi connectivity index (χ4v) is 3.62. The van der Waals surface area contributed by atoms with Gasteiger partial charge in [-0.1, -0.05) is 18.2 Å². The molecular weight excluding hydrogens is 395 g/mol. The van der Waals surface area contributed by atoms with E-state index in [9.17, 15) is 9.50 Å². The van der Waals surface area contributed by atoms with E-state index in [0.29, 0.717) is 5.96 Å². The molecule has 1 aliphatic heterocycles. The Labute approximate surface area is 184 Å². The maximum atomic E-state index is 13.5. The van der Waals surface area contributed by atoms with Crippen LogP contribution < -0.4 is 20.3 Å². The monoisotopic (exact) mass is 428 g/mol. The quantitative estimate of drug-likeness (QED) is 0.445. The van der Waals surface area contributed by atoms with Crippen LogP contribution >= 0.6 is 0 Å². The van der Waals surface area contributed by atoms with E-state index in [2.05, 4.69) is 20.5 Å². The SMILES string of the molecule is CCNC(=NCC(O)COc1cccc(C)c1)NC1CCN(c2cccc(F)c2)CC1. The van der Waals surface area contributed by atoms with Crippen LogP contribution in [0.5, 0.6) is 5.75 Å². The van der Waals surface area contributed by atoms with Gasteiger partial charge in [0.2, 0.25) is 0 Å². The molecule has 0 radical (unpaired) electrons. The summed E-state index contributed by atoms with van der Waals surface area (Å²) in [5.74, 6) is 1.24. The number of aliphatic hydroxyl groups excluding tert-OH is 1. The van der Waals surface area contributed by atoms with Crippen molar-refractivity contribution in [1.29, 1.82) is 0 Å². The Morgan fingerprint density at radius 3 is 2.71 bits per heavy atom. The molecule has 0 amide bonds. The number of aryl methyl sites for hydroxylation is 1. The smallest absolute Gasteiger partial charge is 0.191 e. The van der Waals surface area contributed by atoms with Crippen molar-refractivity contribution in [2.75, 3.05) is 37.7 Å². The van der Waals surface area contributed by atoms with Gasteiger partial charge in [-0.2, -0.15) is 0 Å². The Morgan fingerprint density at radius 2 is 2.00 bits per heavy atom. The average molecular weight is 429 g/mol. The van der Waals surface area contributed by atoms with Crippen molar-refractivity contribution in [3.63, 3.8) is 0 Å². The van der Waals surface area contributed by atoms with Crippen molar-refractivity contribution in [3.05, 3.63) is 59.9 Å². The standard InChI is InChI=1S/C24H33FN4O2/c1-3-26-24(27-16-22(30)17-31-23-9-4-6-18(2)14-23)28-20-10-12-29(13-11-20)21-8-5-7-19(25)15-21/h4-9,14-15,20,22,30H,3,10-13,16-17H2,1-2H3,(H2,26,27,28). The number of hydrogen-bond donors (Lipinski definition) is 3. The van der Waals surface area contributed by atoms with Gasteiger partial charge in [-0.3, -0.25) is 4.99 Å². The van der Waals surface area contributed by atoms with E-state index in [1.54, 1.807) is 12.1 Å². The molecule has 168 valence electrons. The number of rotatable bonds is 8. The van der Waals surface area contributed by atoms with Crippen molar-refractivity contribution in [3.8, 4) is 5.75 Å². The predicted octanol–water partition coefficient (Wildman–Crippen LogP) is 3.10. The first-order chi connectivity index (χ1) is 15.0. The zero-order valence-corrected chi connectivity index (χ0v) is 18.4. The van der Waals surface area contributed by atoms with E-state index in [1.165, 1.54) is 6.07 Å². The van der Waals surface area contributed by atoms with Crippen molar-refractivity contribution in [1.82, 2.24) is 10.6 Å². The molecule has 31 heavy (non-hydrogen) atoms. The summed E-state index contributed by atoms with van der Waals surface area (Å²) < 4.78 is 19.1. The van der Waals surface area contributed by atoms with Crippen LogP contribution in [0.25, 0.3) is 0 Å². The molecule has 0 bridgehead atoms. The van der Waals surface area contributed by atoms with Gasteiger partial charge in [0.1, 0.15) is 24.3 Å². The molecule has 6 nitrogen and oxygen atoms in total. The number of anilines is 1. The number of nitrogens with one attached hydrogen (secondary N) is 2. The first-order valence-electron chi connectivity index (χ1n) is 11.0. The predicted molar refractivity (Wildman–Crippen MR) is 123 cm³/mol. The van der Waals surface area contributed by atoms with Gasteiger partial charge < -0.3 is 25.4 Å². The van der Waals surface area contributed by atoms with E-state index in [0.717, 1.165) is 49.5 Å². The van der Waals surface area contributed by atoms with E-state index < -0.39 is 6.10 Å². The van der Waals surface area contributed by atoms with Crippen LogP contribution in [0.1, 0.15) is 25.3 Å². The minimum Gasteiger partial charge on any atom is -0.491 e. The Morgan fingerprint density at radius 1 is 1.23 bits per heavy atom. The van der Waals surface area contributed by atoms with Crippen LogP contribution in [-0.4, -0.2) is 56.0 Å². The number of hydrogen-bond acceptors (Lipinski definition) is 4. The third-order valence-corrected chi connectivity index (χ3v) is 5.25. The Balaban J connectivity index is 1.46. The molecule has 0 saturated carbocycles. The first kappa shape index (κ1) is 22.9. The second-order valence-corrected chi connectivity index (χ2v) is 7.89. The topological polar surface area (TPSA) is 69.1 Å². The third kappa shape index (κ3) is 7.43. The van der Waals surface area contributed by atoms with Crippen molar-refractivity contribution in [2.24, 2.45) is 4.99 Å². The highest BCUT2D eigenvalue weighted by molar-refractivity contribution is 5.80. The molecule has 2 aromatic carbocycles. The normalized spacial score (nSPS) is 16.1. The molecule has 7 heteroatoms. The van der Waals surface area contributed by atoms with Crippen LogP contribution in [0.15, 0.2) is 53.5 Å². The van der Waals surface area contributed by atoms with Gasteiger partial charge in [0.05, 0.1) is 6.54 Å². The van der Waals surface area contributed by atoms with Crippen LogP contribution in [0.4, 0.5) is 10.1 Å². The molecule has 1 unspecified atom stereocenters. The Hall–Kier alpha value is -2.80. The molecule has 2 aromatic rings. The summed E-state index contributed by atoms with van der Waals surface area (Å²) >= 11 is 0. The summed E-state index contributed by atoms with van der Waals surface area (Å²) in [6, 6.07) is 14.8. The average Bonchev–Trinajstić information content (AvgIpc) is 2.77. The lowest BCUT2D eigenvalue weighted by atomic mass is 10.0. The minimum atomic E-state index is -0.689. The highest BCUT2D eigenvalue weighted by atomic mass is 19.1. The minimum absolute atomic E-state index is 0.193. The molecule has 1 saturated heterocycles. The van der Waals surface area contributed by atoms with E-state index in [-0.39, 0.29) is 25.0 Å². The summed E-state index contributed by atoms with van der Waals surface area (Å²) in [7, 11) is 0. The zero-order valence-electron chi connectivity index (χ0n) is 18.4. The Bertz CT molecular complexity index is 853. The number of benzene rings is 2. The summed E-state index contributed by atoms with van der Waals surface area (Å²) in [5, 5.41) is 17.0. The van der Waals surface area contributed by atoms with Gasteiger partial charge in [0.25, 0.3) is 0 Å². The van der Waals surface area contributed by atoms with Crippen LogP contribution in [0, 0.1) is 12.7 Å². The van der Waals surface area contributed by atoms with E-state index in [4.69, 9.17) is 4.74 Å². The largest absolute Gasteiger partial charge is 0.491 e. The molecule has 0 aromatic heterocycles. The number of guanidine groups is 1. The highest BCUT2D eigenvalue weighted by Gasteiger charge is 2.20. The maximum absolute atomic E-state index is 13.5. The lowest BCUT2D eigenvalue weighted by Gasteiger charge is -2.34. The summed E-state index contributed by atoms with van der Waals surface area (Å²) in [5.41, 5.74) is 2.04. The van der Waals surface area contributed by atoms with Gasteiger partial charge >= 0.3 is 0 Å². The highest BCUT2D eigenvalue weighted by Crippen LogP contribution is 2.20. The summed E-state index contributed by atoms with van der Waals surface area (Å²) in [6.07, 6.45) is 1.17. The number of aliphatic imine (C=N–C) groups is 1. The fraction of sp³-hybridized carbons (Fsp3) is 0.458. The number of halogens is 1. The lowest BCUT2D eigenvalue weighted by molar-refractivity contribution is 0.114. The van der Waals surface area contributed by atoms with Gasteiger partial charge in [-0.15, -0.1) is 0 Å². The molecule has 1 heterocycles. The Kier molecular flexibility index (Phi) is 8.53. The molecule has 0 spiro atoms. The number of aliphatic hydroxyl groups is 1. The number of ether oxygens (including phenoxy) is 1. The second kappa shape index (κ2) is 11.6. The third-order valence-electron chi connectivity index (χ3n) is 5.25. The molecule has 3 rings (SSSR count). The maximum Gasteiger partial charge on any atom is 0.191 e. The molecule has 1 atom stereocenters.